The van der Waals surface area contributed by atoms with Gasteiger partial charge in [0.05, 0.1) is 11.1 Å². The van der Waals surface area contributed by atoms with Crippen LogP contribution < -0.4 is 0 Å². The maximum atomic E-state index is 11.5. The van der Waals surface area contributed by atoms with E-state index in [0.29, 0.717) is 5.78 Å². The minimum atomic E-state index is -0.210. The van der Waals surface area contributed by atoms with Crippen LogP contribution >= 0.6 is 0 Å². The Kier molecular flexibility index (Phi) is 6.30. The molecule has 0 unspecified atom stereocenters. The number of carbonyl (C=O) groups excluding carboxylic acids is 1. The smallest absolute Gasteiger partial charge is 0.273 e. The molecule has 0 aromatic heterocycles. The van der Waals surface area contributed by atoms with E-state index in [1.165, 1.54) is 50.1 Å². The van der Waals surface area contributed by atoms with E-state index in [4.69, 9.17) is 0 Å². The molecule has 0 aromatic carbocycles. The first-order valence-corrected chi connectivity index (χ1v) is 13.6. The van der Waals surface area contributed by atoms with E-state index in [-0.39, 0.29) is 10.8 Å². The minimum absolute atomic E-state index is 0.210. The third kappa shape index (κ3) is 4.45. The van der Waals surface area contributed by atoms with Gasteiger partial charge in [-0.1, -0.05) is 114 Å². The number of ketones is 1. The fourth-order valence-electron chi connectivity index (χ4n) is 5.79. The van der Waals surface area contributed by atoms with Crippen molar-refractivity contribution < 1.29 is 4.79 Å². The molecule has 1 heteroatoms. The summed E-state index contributed by atoms with van der Waals surface area (Å²) in [6.45, 7) is 17.5. The highest BCUT2D eigenvalue weighted by atomic mass is 16.1. The van der Waals surface area contributed by atoms with Crippen LogP contribution in [0.25, 0.3) is 27.8 Å². The number of hydrogen-bond donors (Lipinski definition) is 0. The Morgan fingerprint density at radius 2 is 0.921 bits per heavy atom. The Labute approximate surface area is 228 Å². The van der Waals surface area contributed by atoms with E-state index >= 15 is 0 Å². The fourth-order valence-corrected chi connectivity index (χ4v) is 5.79. The summed E-state index contributed by atoms with van der Waals surface area (Å²) in [5, 5.41) is 0. The predicted octanol–water partition coefficient (Wildman–Crippen LogP) is 9.82. The molecule has 0 fully saturated rings. The summed E-state index contributed by atoms with van der Waals surface area (Å²) in [7, 11) is 0. The van der Waals surface area contributed by atoms with Gasteiger partial charge in [-0.25, -0.2) is 0 Å². The van der Waals surface area contributed by atoms with E-state index < -0.39 is 0 Å². The highest BCUT2D eigenvalue weighted by molar-refractivity contribution is 6.14. The molecule has 0 radical (unpaired) electrons. The van der Waals surface area contributed by atoms with Gasteiger partial charge in [0, 0.05) is 0 Å². The molecule has 5 aliphatic carbocycles. The summed E-state index contributed by atoms with van der Waals surface area (Å²) in [5.41, 5.74) is 13.9. The van der Waals surface area contributed by atoms with Crippen molar-refractivity contribution >= 4 is 11.4 Å². The summed E-state index contributed by atoms with van der Waals surface area (Å²) >= 11 is 0. The molecule has 0 aliphatic heterocycles. The third-order valence-electron chi connectivity index (χ3n) is 7.78. The standard InChI is InChI=1S/C37H38O/c1-23-19-30(28-17-13-9-11-15-26(23)28)34(31-20-24(2)27-16-12-10-14-18-29(27)31)25-21-32(36(3,4)5)35(38)33(22-25)37(6,7)8/h9-22H,1-8H3/p+1. The topological polar surface area (TPSA) is 21.4 Å². The Morgan fingerprint density at radius 1 is 0.553 bits per heavy atom. The van der Waals surface area contributed by atoms with Gasteiger partial charge >= 0.3 is 5.78 Å². The maximum absolute atomic E-state index is 11.5. The van der Waals surface area contributed by atoms with E-state index in [1.807, 2.05) is 0 Å². The van der Waals surface area contributed by atoms with Crippen molar-refractivity contribution in [3.63, 3.8) is 0 Å². The van der Waals surface area contributed by atoms with E-state index in [1.54, 1.807) is 0 Å². The van der Waals surface area contributed by atoms with Crippen LogP contribution in [0.3, 0.4) is 0 Å². The molecule has 0 saturated carbocycles. The molecular weight excluding hydrogens is 460 g/mol. The van der Waals surface area contributed by atoms with Crippen molar-refractivity contribution in [3.8, 4) is 22.3 Å². The number of hydrogen-bond acceptors (Lipinski definition) is 0. The van der Waals surface area contributed by atoms with Gasteiger partial charge in [-0.05, 0) is 92.5 Å². The molecule has 0 saturated heterocycles. The van der Waals surface area contributed by atoms with Gasteiger partial charge in [0.1, 0.15) is 0 Å². The van der Waals surface area contributed by atoms with Crippen molar-refractivity contribution in [2.24, 2.45) is 10.8 Å². The zero-order valence-electron chi connectivity index (χ0n) is 24.0. The van der Waals surface area contributed by atoms with Crippen molar-refractivity contribution in [1.29, 1.82) is 0 Å². The van der Waals surface area contributed by atoms with Gasteiger partial charge in [-0.15, -0.1) is 0 Å². The molecular formula is C37H39O+. The van der Waals surface area contributed by atoms with E-state index in [0.717, 1.165) is 16.7 Å². The molecule has 0 aromatic rings. The van der Waals surface area contributed by atoms with Gasteiger partial charge in [-0.3, -0.25) is 4.79 Å². The summed E-state index contributed by atoms with van der Waals surface area (Å²) in [6, 6.07) is 26.3. The lowest BCUT2D eigenvalue weighted by molar-refractivity contribution is 0.486. The quantitative estimate of drug-likeness (QED) is 0.245. The highest BCUT2D eigenvalue weighted by Gasteiger charge is 2.39. The van der Waals surface area contributed by atoms with Crippen molar-refractivity contribution in [2.75, 3.05) is 0 Å². The van der Waals surface area contributed by atoms with Crippen molar-refractivity contribution in [2.45, 2.75) is 55.4 Å². The largest absolute Gasteiger partial charge is 0.347 e. The summed E-state index contributed by atoms with van der Waals surface area (Å²) < 4.78 is 0. The molecule has 192 valence electrons. The minimum Gasteiger partial charge on any atom is -0.273 e. The molecule has 5 rings (SSSR count). The van der Waals surface area contributed by atoms with Crippen molar-refractivity contribution in [3.05, 3.63) is 124 Å². The monoisotopic (exact) mass is 499 g/mol. The van der Waals surface area contributed by atoms with Crippen LogP contribution in [-0.2, 0) is 0 Å². The SMILES string of the molecule is Cc1cc(C(=C2C=C(C(C)(C)C)C(=[OH+])C(C(C)(C)C)=C2)c2cc(C)c3cccccc2-3)c2cccccc1-2. The fraction of sp³-hybridized carbons (Fsp3) is 0.270. The molecule has 0 spiro atoms. The first-order chi connectivity index (χ1) is 17.9. The zero-order valence-corrected chi connectivity index (χ0v) is 24.0. The number of fused-ring (bicyclic) bond motifs is 2. The average Bonchev–Trinajstić information content (AvgIpc) is 3.08. The third-order valence-corrected chi connectivity index (χ3v) is 7.78. The van der Waals surface area contributed by atoms with Crippen LogP contribution in [0.1, 0.15) is 63.8 Å². The van der Waals surface area contributed by atoms with Gasteiger partial charge in [0.25, 0.3) is 0 Å². The number of rotatable bonds is 2. The predicted molar refractivity (Wildman–Crippen MR) is 164 cm³/mol. The second kappa shape index (κ2) is 9.24. The Hall–Kier alpha value is -3.71. The second-order valence-electron chi connectivity index (χ2n) is 12.8. The van der Waals surface area contributed by atoms with Crippen LogP contribution in [0.5, 0.6) is 0 Å². The number of allylic oxidation sites excluding steroid dienone is 5. The van der Waals surface area contributed by atoms with E-state index in [2.05, 4.69) is 140 Å². The lowest BCUT2D eigenvalue weighted by Gasteiger charge is -2.29. The Bertz CT molecular complexity index is 1470. The lowest BCUT2D eigenvalue weighted by Crippen LogP contribution is -2.28. The second-order valence-corrected chi connectivity index (χ2v) is 12.8. The summed E-state index contributed by atoms with van der Waals surface area (Å²) in [4.78, 5) is 11.5. The maximum Gasteiger partial charge on any atom is 0.347 e. The summed E-state index contributed by atoms with van der Waals surface area (Å²) in [5.74, 6) is 0.415. The summed E-state index contributed by atoms with van der Waals surface area (Å²) in [6.07, 6.45) is 4.46. The molecule has 0 heterocycles. The van der Waals surface area contributed by atoms with E-state index in [9.17, 15) is 4.79 Å². The van der Waals surface area contributed by atoms with Gasteiger partial charge < -0.3 is 0 Å². The van der Waals surface area contributed by atoms with Crippen LogP contribution in [0, 0.1) is 24.7 Å². The molecule has 38 heavy (non-hydrogen) atoms. The van der Waals surface area contributed by atoms with Gasteiger partial charge in [0.2, 0.25) is 0 Å². The van der Waals surface area contributed by atoms with Gasteiger partial charge in [-0.2, -0.15) is 0 Å². The molecule has 1 nitrogen and oxygen atoms in total. The molecule has 0 atom stereocenters. The first-order valence-electron chi connectivity index (χ1n) is 13.6. The van der Waals surface area contributed by atoms with Crippen LogP contribution in [0.2, 0.25) is 0 Å². The molecule has 0 amide bonds. The van der Waals surface area contributed by atoms with Crippen molar-refractivity contribution in [1.82, 2.24) is 0 Å². The Morgan fingerprint density at radius 3 is 1.29 bits per heavy atom. The average molecular weight is 500 g/mol. The molecule has 1 N–H and O–H groups in total. The first kappa shape index (κ1) is 25.9. The zero-order chi connectivity index (χ0) is 27.4. The molecule has 5 aliphatic rings. The Balaban J connectivity index is 1.96. The van der Waals surface area contributed by atoms with Crippen LogP contribution in [0.4, 0.5) is 0 Å². The number of aryl methyl sites for hydroxylation is 2. The van der Waals surface area contributed by atoms with Gasteiger partial charge in [0.15, 0.2) is 0 Å². The van der Waals surface area contributed by atoms with Crippen LogP contribution in [0.15, 0.2) is 102 Å². The lowest BCUT2D eigenvalue weighted by atomic mass is 9.71. The molecule has 0 bridgehead atoms. The van der Waals surface area contributed by atoms with Crippen LogP contribution in [-0.4, -0.2) is 10.6 Å². The highest BCUT2D eigenvalue weighted by Crippen LogP contribution is 2.47. The normalized spacial score (nSPS) is 14.6.